The number of carbonyl (C=O) groups is 2. The normalized spacial score (nSPS) is 21.2. The smallest absolute Gasteiger partial charge is 0.335 e. The molecule has 1 amide bonds. The number of hydrogen-bond donors (Lipinski definition) is 1. The number of aromatic carboxylic acids is 1. The predicted molar refractivity (Wildman–Crippen MR) is 120 cm³/mol. The van der Waals surface area contributed by atoms with E-state index < -0.39 is 11.9 Å². The molecule has 2 aliphatic rings. The van der Waals surface area contributed by atoms with Crippen LogP contribution in [-0.4, -0.2) is 40.4 Å². The first-order chi connectivity index (χ1) is 15.1. The SMILES string of the molecule is O=C(O)c1ccc(-c2cc(Cl)c(C[C@@H]3CCN(C4CCC(F)(F)CC4)C3=O)c(Cl)c2)cc1. The Morgan fingerprint density at radius 3 is 2.19 bits per heavy atom. The van der Waals surface area contributed by atoms with Gasteiger partial charge in [0.2, 0.25) is 11.8 Å². The predicted octanol–water partition coefficient (Wildman–Crippen LogP) is 6.33. The molecule has 1 atom stereocenters. The van der Waals surface area contributed by atoms with E-state index in [-0.39, 0.29) is 36.3 Å². The van der Waals surface area contributed by atoms with Crippen LogP contribution in [0, 0.1) is 5.92 Å². The molecule has 1 saturated carbocycles. The fourth-order valence-electron chi connectivity index (χ4n) is 4.67. The number of carboxylic acids is 1. The van der Waals surface area contributed by atoms with Gasteiger partial charge in [-0.25, -0.2) is 13.6 Å². The van der Waals surface area contributed by atoms with Crippen LogP contribution in [0.25, 0.3) is 11.1 Å². The summed E-state index contributed by atoms with van der Waals surface area (Å²) in [6.45, 7) is 0.572. The molecular formula is C24H23Cl2F2NO3. The highest BCUT2D eigenvalue weighted by Crippen LogP contribution is 2.39. The minimum atomic E-state index is -2.62. The Bertz CT molecular complexity index is 1010. The zero-order chi connectivity index (χ0) is 23.0. The van der Waals surface area contributed by atoms with Crippen molar-refractivity contribution < 1.29 is 23.5 Å². The molecule has 8 heteroatoms. The molecule has 2 fully saturated rings. The Morgan fingerprint density at radius 2 is 1.62 bits per heavy atom. The van der Waals surface area contributed by atoms with E-state index in [1.807, 2.05) is 0 Å². The van der Waals surface area contributed by atoms with E-state index in [4.69, 9.17) is 28.3 Å². The van der Waals surface area contributed by atoms with Crippen molar-refractivity contribution in [3.8, 4) is 11.1 Å². The fraction of sp³-hybridized carbons (Fsp3) is 0.417. The van der Waals surface area contributed by atoms with Crippen molar-refractivity contribution in [2.45, 2.75) is 50.5 Å². The van der Waals surface area contributed by atoms with Gasteiger partial charge in [0.1, 0.15) is 0 Å². The number of benzene rings is 2. The highest BCUT2D eigenvalue weighted by Gasteiger charge is 2.42. The molecule has 32 heavy (non-hydrogen) atoms. The van der Waals surface area contributed by atoms with E-state index in [0.717, 1.165) is 11.1 Å². The number of alkyl halides is 2. The number of hydrogen-bond acceptors (Lipinski definition) is 2. The topological polar surface area (TPSA) is 57.6 Å². The van der Waals surface area contributed by atoms with Crippen molar-refractivity contribution >= 4 is 35.1 Å². The number of carboxylic acid groups (broad SMARTS) is 1. The molecule has 0 radical (unpaired) electrons. The second-order valence-electron chi connectivity index (χ2n) is 8.61. The van der Waals surface area contributed by atoms with E-state index >= 15 is 0 Å². The van der Waals surface area contributed by atoms with Gasteiger partial charge >= 0.3 is 5.97 Å². The number of likely N-dealkylation sites (tertiary alicyclic amines) is 1. The standard InChI is InChI=1S/C24H23Cl2F2NO3/c25-20-12-17(14-1-3-15(4-2-14)23(31)32)13-21(26)19(20)11-16-7-10-29(22(16)30)18-5-8-24(27,28)9-6-18/h1-4,12-13,16,18H,5-11H2,(H,31,32)/t16-/m0/s1. The van der Waals surface area contributed by atoms with Gasteiger partial charge in [0.05, 0.1) is 5.56 Å². The van der Waals surface area contributed by atoms with Crippen molar-refractivity contribution in [2.24, 2.45) is 5.92 Å². The van der Waals surface area contributed by atoms with Gasteiger partial charge in [-0.05, 0) is 66.6 Å². The molecule has 1 saturated heterocycles. The third kappa shape index (κ3) is 4.76. The van der Waals surface area contributed by atoms with Gasteiger partial charge in [-0.2, -0.15) is 0 Å². The van der Waals surface area contributed by atoms with Gasteiger partial charge in [-0.15, -0.1) is 0 Å². The molecule has 2 aromatic rings. The van der Waals surface area contributed by atoms with E-state index in [9.17, 15) is 18.4 Å². The Hall–Kier alpha value is -2.18. The van der Waals surface area contributed by atoms with Crippen LogP contribution in [0.1, 0.15) is 48.0 Å². The van der Waals surface area contributed by atoms with Crippen LogP contribution in [0.5, 0.6) is 0 Å². The maximum atomic E-state index is 13.5. The highest BCUT2D eigenvalue weighted by molar-refractivity contribution is 6.36. The Balaban J connectivity index is 1.47. The Kier molecular flexibility index (Phi) is 6.46. The quantitative estimate of drug-likeness (QED) is 0.542. The zero-order valence-corrected chi connectivity index (χ0v) is 18.8. The first kappa shape index (κ1) is 23.0. The van der Waals surface area contributed by atoms with E-state index in [1.165, 1.54) is 12.1 Å². The van der Waals surface area contributed by atoms with Gasteiger partial charge in [0.25, 0.3) is 0 Å². The molecule has 1 heterocycles. The Morgan fingerprint density at radius 1 is 1.03 bits per heavy atom. The number of halogens is 4. The van der Waals surface area contributed by atoms with Gasteiger partial charge in [-0.3, -0.25) is 4.79 Å². The van der Waals surface area contributed by atoms with Crippen LogP contribution >= 0.6 is 23.2 Å². The third-order valence-corrected chi connectivity index (χ3v) is 7.21. The van der Waals surface area contributed by atoms with Crippen LogP contribution in [0.2, 0.25) is 10.0 Å². The molecule has 0 aromatic heterocycles. The average Bonchev–Trinajstić information content (AvgIpc) is 3.11. The second-order valence-corrected chi connectivity index (χ2v) is 9.42. The molecule has 2 aromatic carbocycles. The van der Waals surface area contributed by atoms with Gasteiger partial charge in [0, 0.05) is 41.4 Å². The summed E-state index contributed by atoms with van der Waals surface area (Å²) in [5, 5.41) is 9.93. The second kappa shape index (κ2) is 8.99. The lowest BCUT2D eigenvalue weighted by Gasteiger charge is -2.34. The van der Waals surface area contributed by atoms with Gasteiger partial charge in [0.15, 0.2) is 0 Å². The van der Waals surface area contributed by atoms with Crippen LogP contribution < -0.4 is 0 Å². The summed E-state index contributed by atoms with van der Waals surface area (Å²) >= 11 is 13.0. The van der Waals surface area contributed by atoms with Crippen molar-refractivity contribution in [3.05, 3.63) is 57.6 Å². The highest BCUT2D eigenvalue weighted by atomic mass is 35.5. The number of carbonyl (C=O) groups excluding carboxylic acids is 1. The van der Waals surface area contributed by atoms with Crippen LogP contribution in [0.3, 0.4) is 0 Å². The minimum absolute atomic E-state index is 0.0133. The first-order valence-electron chi connectivity index (χ1n) is 10.6. The largest absolute Gasteiger partial charge is 0.478 e. The monoisotopic (exact) mass is 481 g/mol. The number of nitrogens with zero attached hydrogens (tertiary/aromatic N) is 1. The molecule has 170 valence electrons. The summed E-state index contributed by atoms with van der Waals surface area (Å²) in [6.07, 6.45) is 1.38. The fourth-order valence-corrected chi connectivity index (χ4v) is 5.31. The summed E-state index contributed by atoms with van der Waals surface area (Å²) in [7, 11) is 0. The summed E-state index contributed by atoms with van der Waals surface area (Å²) in [5.74, 6) is -3.90. The lowest BCUT2D eigenvalue weighted by Crippen LogP contribution is -2.42. The average molecular weight is 482 g/mol. The molecule has 1 aliphatic carbocycles. The van der Waals surface area contributed by atoms with Crippen LogP contribution in [-0.2, 0) is 11.2 Å². The third-order valence-electron chi connectivity index (χ3n) is 6.53. The maximum Gasteiger partial charge on any atom is 0.335 e. The van der Waals surface area contributed by atoms with Crippen molar-refractivity contribution in [2.75, 3.05) is 6.54 Å². The molecule has 4 nitrogen and oxygen atoms in total. The maximum absolute atomic E-state index is 13.5. The van der Waals surface area contributed by atoms with Gasteiger partial charge < -0.3 is 10.0 Å². The summed E-state index contributed by atoms with van der Waals surface area (Å²) < 4.78 is 26.9. The first-order valence-corrected chi connectivity index (χ1v) is 11.4. The lowest BCUT2D eigenvalue weighted by molar-refractivity contribution is -0.135. The van der Waals surface area contributed by atoms with Crippen LogP contribution in [0.15, 0.2) is 36.4 Å². The molecule has 1 N–H and O–H groups in total. The number of amides is 1. The van der Waals surface area contributed by atoms with Crippen molar-refractivity contribution in [1.82, 2.24) is 4.90 Å². The summed E-state index contributed by atoms with van der Waals surface area (Å²) in [5.41, 5.74) is 2.41. The summed E-state index contributed by atoms with van der Waals surface area (Å²) in [4.78, 5) is 25.8. The molecule has 4 rings (SSSR count). The lowest BCUT2D eigenvalue weighted by atomic mass is 9.91. The number of rotatable bonds is 5. The van der Waals surface area contributed by atoms with Crippen molar-refractivity contribution in [3.63, 3.8) is 0 Å². The van der Waals surface area contributed by atoms with E-state index in [1.54, 1.807) is 29.2 Å². The molecule has 1 aliphatic heterocycles. The molecule has 0 spiro atoms. The summed E-state index contributed by atoms with van der Waals surface area (Å²) in [6, 6.07) is 9.82. The minimum Gasteiger partial charge on any atom is -0.478 e. The molecular weight excluding hydrogens is 459 g/mol. The molecule has 0 unspecified atom stereocenters. The molecule has 0 bridgehead atoms. The Labute approximate surface area is 195 Å². The van der Waals surface area contributed by atoms with E-state index in [2.05, 4.69) is 0 Å². The zero-order valence-electron chi connectivity index (χ0n) is 17.3. The van der Waals surface area contributed by atoms with E-state index in [0.29, 0.717) is 47.8 Å². The van der Waals surface area contributed by atoms with Crippen LogP contribution in [0.4, 0.5) is 8.78 Å². The van der Waals surface area contributed by atoms with Gasteiger partial charge in [-0.1, -0.05) is 35.3 Å². The van der Waals surface area contributed by atoms with Crippen molar-refractivity contribution in [1.29, 1.82) is 0 Å².